The minimum absolute atomic E-state index is 1.71. The molecule has 0 saturated heterocycles. The highest BCUT2D eigenvalue weighted by atomic mass is 32.1. The van der Waals surface area contributed by atoms with Crippen LogP contribution in [-0.4, -0.2) is 4.98 Å². The van der Waals surface area contributed by atoms with Crippen LogP contribution in [0.3, 0.4) is 0 Å². The van der Waals surface area contributed by atoms with Gasteiger partial charge < -0.3 is 0 Å². The third kappa shape index (κ3) is 9.03. The molecular formula is C15H15NS. The summed E-state index contributed by atoms with van der Waals surface area (Å²) in [5.74, 6) is 0. The Labute approximate surface area is 106 Å². The summed E-state index contributed by atoms with van der Waals surface area (Å²) >= 11 is 1.71. The maximum atomic E-state index is 3.78. The smallest absolute Gasteiger partial charge is 0.0267 e. The molecule has 86 valence electrons. The molecule has 1 nitrogen and oxygen atoms in total. The number of hydrogen-bond acceptors (Lipinski definition) is 2. The summed E-state index contributed by atoms with van der Waals surface area (Å²) in [5, 5.41) is 4.08. The van der Waals surface area contributed by atoms with E-state index in [0.717, 1.165) is 0 Å². The van der Waals surface area contributed by atoms with Crippen molar-refractivity contribution < 1.29 is 0 Å². The zero-order valence-electron chi connectivity index (χ0n) is 9.52. The zero-order chi connectivity index (χ0) is 12.0. The Hall–Kier alpha value is -1.93. The van der Waals surface area contributed by atoms with Crippen LogP contribution in [0.4, 0.5) is 0 Å². The van der Waals surface area contributed by atoms with Crippen LogP contribution in [0.2, 0.25) is 0 Å². The molecule has 2 heteroatoms. The average Bonchev–Trinajstić information content (AvgIpc) is 3.03. The van der Waals surface area contributed by atoms with Gasteiger partial charge in [-0.1, -0.05) is 54.6 Å². The number of nitrogens with zero attached hydrogens (tertiary/aromatic N) is 1. The number of aromatic nitrogens is 1. The molecule has 3 aromatic rings. The molecule has 0 unspecified atom stereocenters. The summed E-state index contributed by atoms with van der Waals surface area (Å²) < 4.78 is 0. The van der Waals surface area contributed by atoms with Crippen molar-refractivity contribution in [3.63, 3.8) is 0 Å². The van der Waals surface area contributed by atoms with E-state index in [1.165, 1.54) is 0 Å². The molecule has 0 aliphatic heterocycles. The molecule has 0 fully saturated rings. The van der Waals surface area contributed by atoms with Crippen LogP contribution in [0.1, 0.15) is 0 Å². The van der Waals surface area contributed by atoms with Crippen molar-refractivity contribution in [3.8, 4) is 0 Å². The van der Waals surface area contributed by atoms with E-state index in [2.05, 4.69) is 4.98 Å². The highest BCUT2D eigenvalue weighted by Gasteiger charge is 1.59. The predicted molar refractivity (Wildman–Crippen MR) is 75.0 cm³/mol. The normalized spacial score (nSPS) is 8.00. The van der Waals surface area contributed by atoms with Crippen LogP contribution in [0.5, 0.6) is 0 Å². The Balaban J connectivity index is 0.000000128. The summed E-state index contributed by atoms with van der Waals surface area (Å²) in [6.07, 6.45) is 3.50. The SMILES string of the molecule is c1ccccc1.c1ccncc1.c1ccsc1. The lowest BCUT2D eigenvalue weighted by Gasteiger charge is -1.70. The molecule has 0 aliphatic carbocycles. The van der Waals surface area contributed by atoms with Crippen molar-refractivity contribution in [1.82, 2.24) is 4.98 Å². The van der Waals surface area contributed by atoms with Gasteiger partial charge in [-0.3, -0.25) is 4.98 Å². The predicted octanol–water partition coefficient (Wildman–Crippen LogP) is 4.52. The molecule has 0 amide bonds. The van der Waals surface area contributed by atoms with E-state index >= 15 is 0 Å². The molecule has 0 saturated carbocycles. The van der Waals surface area contributed by atoms with Gasteiger partial charge >= 0.3 is 0 Å². The van der Waals surface area contributed by atoms with Crippen LogP contribution < -0.4 is 0 Å². The summed E-state index contributed by atoms with van der Waals surface area (Å²) in [6, 6.07) is 21.8. The molecule has 2 aromatic heterocycles. The summed E-state index contributed by atoms with van der Waals surface area (Å²) in [7, 11) is 0. The molecular weight excluding hydrogens is 226 g/mol. The van der Waals surface area contributed by atoms with E-state index < -0.39 is 0 Å². The van der Waals surface area contributed by atoms with E-state index in [0.29, 0.717) is 0 Å². The zero-order valence-corrected chi connectivity index (χ0v) is 10.3. The van der Waals surface area contributed by atoms with Gasteiger partial charge in [-0.15, -0.1) is 0 Å². The Morgan fingerprint density at radius 1 is 0.471 bits per heavy atom. The fourth-order valence-electron chi connectivity index (χ4n) is 0.924. The Kier molecular flexibility index (Phi) is 8.18. The Morgan fingerprint density at radius 2 is 0.882 bits per heavy atom. The highest BCUT2D eigenvalue weighted by molar-refractivity contribution is 7.07. The van der Waals surface area contributed by atoms with Crippen molar-refractivity contribution in [2.75, 3.05) is 0 Å². The van der Waals surface area contributed by atoms with Gasteiger partial charge in [0.25, 0.3) is 0 Å². The first-order valence-electron chi connectivity index (χ1n) is 5.32. The van der Waals surface area contributed by atoms with Gasteiger partial charge in [-0.25, -0.2) is 0 Å². The standard InChI is InChI=1S/C6H6.C5H5N.C4H4S/c2*1-2-4-6-5-3-1;1-2-4-5-3-1/h1-6H;1-5H;1-4H. The number of rotatable bonds is 0. The van der Waals surface area contributed by atoms with Gasteiger partial charge in [-0.2, -0.15) is 11.3 Å². The van der Waals surface area contributed by atoms with Gasteiger partial charge in [0.15, 0.2) is 0 Å². The van der Waals surface area contributed by atoms with Crippen LogP contribution >= 0.6 is 11.3 Å². The molecule has 0 radical (unpaired) electrons. The second kappa shape index (κ2) is 10.6. The first kappa shape index (κ1) is 13.1. The summed E-state index contributed by atoms with van der Waals surface area (Å²) in [5.41, 5.74) is 0. The minimum atomic E-state index is 1.71. The second-order valence-corrected chi connectivity index (χ2v) is 3.79. The van der Waals surface area contributed by atoms with E-state index in [4.69, 9.17) is 0 Å². The molecule has 0 N–H and O–H groups in total. The van der Waals surface area contributed by atoms with Gasteiger partial charge in [0.2, 0.25) is 0 Å². The first-order chi connectivity index (χ1) is 8.50. The van der Waals surface area contributed by atoms with Gasteiger partial charge in [0, 0.05) is 12.4 Å². The molecule has 0 bridgehead atoms. The van der Waals surface area contributed by atoms with E-state index in [1.54, 1.807) is 23.7 Å². The molecule has 3 rings (SSSR count). The number of thiophene rings is 1. The van der Waals surface area contributed by atoms with Gasteiger partial charge in [0.1, 0.15) is 0 Å². The molecule has 17 heavy (non-hydrogen) atoms. The van der Waals surface area contributed by atoms with E-state index in [1.807, 2.05) is 77.5 Å². The number of hydrogen-bond donors (Lipinski definition) is 0. The lowest BCUT2D eigenvalue weighted by atomic mass is 10.4. The van der Waals surface area contributed by atoms with E-state index in [-0.39, 0.29) is 0 Å². The molecule has 2 heterocycles. The first-order valence-corrected chi connectivity index (χ1v) is 6.26. The maximum absolute atomic E-state index is 3.78. The van der Waals surface area contributed by atoms with Gasteiger partial charge in [0.05, 0.1) is 0 Å². The van der Waals surface area contributed by atoms with Crippen LogP contribution in [-0.2, 0) is 0 Å². The van der Waals surface area contributed by atoms with Gasteiger partial charge in [-0.05, 0) is 22.9 Å². The van der Waals surface area contributed by atoms with Crippen molar-refractivity contribution in [2.24, 2.45) is 0 Å². The van der Waals surface area contributed by atoms with Crippen LogP contribution in [0.25, 0.3) is 0 Å². The Morgan fingerprint density at radius 3 is 1.06 bits per heavy atom. The van der Waals surface area contributed by atoms with Crippen molar-refractivity contribution in [3.05, 3.63) is 89.9 Å². The summed E-state index contributed by atoms with van der Waals surface area (Å²) in [4.78, 5) is 3.78. The summed E-state index contributed by atoms with van der Waals surface area (Å²) in [6.45, 7) is 0. The largest absolute Gasteiger partial charge is 0.265 e. The molecule has 0 aliphatic rings. The number of pyridine rings is 1. The fraction of sp³-hybridized carbons (Fsp3) is 0. The van der Waals surface area contributed by atoms with E-state index in [9.17, 15) is 0 Å². The molecule has 0 spiro atoms. The average molecular weight is 241 g/mol. The molecule has 1 aromatic carbocycles. The van der Waals surface area contributed by atoms with Crippen molar-refractivity contribution in [1.29, 1.82) is 0 Å². The fourth-order valence-corrected chi connectivity index (χ4v) is 1.38. The third-order valence-electron chi connectivity index (χ3n) is 1.66. The Bertz CT molecular complexity index is 321. The van der Waals surface area contributed by atoms with Crippen LogP contribution in [0, 0.1) is 0 Å². The van der Waals surface area contributed by atoms with Crippen molar-refractivity contribution in [2.45, 2.75) is 0 Å². The number of benzene rings is 1. The monoisotopic (exact) mass is 241 g/mol. The van der Waals surface area contributed by atoms with Crippen LogP contribution in [0.15, 0.2) is 89.9 Å². The highest BCUT2D eigenvalue weighted by Crippen LogP contribution is 1.91. The minimum Gasteiger partial charge on any atom is -0.265 e. The second-order valence-electron chi connectivity index (χ2n) is 2.97. The van der Waals surface area contributed by atoms with Crippen molar-refractivity contribution >= 4 is 11.3 Å². The quantitative estimate of drug-likeness (QED) is 0.564. The third-order valence-corrected chi connectivity index (χ3v) is 2.29. The topological polar surface area (TPSA) is 12.9 Å². The molecule has 0 atom stereocenters. The lowest BCUT2D eigenvalue weighted by Crippen LogP contribution is -1.58. The maximum Gasteiger partial charge on any atom is 0.0267 e. The lowest BCUT2D eigenvalue weighted by molar-refractivity contribution is 1.33.